The molecule has 0 atom stereocenters. The highest BCUT2D eigenvalue weighted by atomic mass is 35.5. The second-order valence-corrected chi connectivity index (χ2v) is 6.21. The highest BCUT2D eigenvalue weighted by Gasteiger charge is 2.15. The zero-order chi connectivity index (χ0) is 14.5. The number of carbonyl (C=O) groups is 1. The number of benzene rings is 1. The third-order valence-corrected chi connectivity index (χ3v) is 2.94. The third kappa shape index (κ3) is 5.97. The van der Waals surface area contributed by atoms with E-state index in [0.29, 0.717) is 23.7 Å². The Hall–Kier alpha value is -1.22. The van der Waals surface area contributed by atoms with E-state index in [1.54, 1.807) is 7.11 Å². The van der Waals surface area contributed by atoms with Gasteiger partial charge < -0.3 is 10.1 Å². The minimum absolute atomic E-state index is 0.0213. The molecule has 0 saturated heterocycles. The van der Waals surface area contributed by atoms with Crippen LogP contribution >= 0.6 is 11.6 Å². The van der Waals surface area contributed by atoms with Gasteiger partial charge in [-0.25, -0.2) is 0 Å². The van der Waals surface area contributed by atoms with Gasteiger partial charge in [0, 0.05) is 13.0 Å². The minimum Gasteiger partial charge on any atom is -0.495 e. The number of halogens is 1. The van der Waals surface area contributed by atoms with Crippen LogP contribution in [0.4, 0.5) is 0 Å². The lowest BCUT2D eigenvalue weighted by atomic mass is 9.92. The molecular weight excluding hydrogens is 262 g/mol. The Kier molecular flexibility index (Phi) is 5.67. The quantitative estimate of drug-likeness (QED) is 0.899. The zero-order valence-corrected chi connectivity index (χ0v) is 12.8. The fourth-order valence-electron chi connectivity index (χ4n) is 1.76. The van der Waals surface area contributed by atoms with Gasteiger partial charge in [0.1, 0.15) is 5.75 Å². The van der Waals surface area contributed by atoms with Crippen molar-refractivity contribution in [2.24, 2.45) is 5.41 Å². The molecule has 0 aliphatic carbocycles. The monoisotopic (exact) mass is 283 g/mol. The maximum atomic E-state index is 11.7. The van der Waals surface area contributed by atoms with E-state index in [9.17, 15) is 4.79 Å². The van der Waals surface area contributed by atoms with Crippen molar-refractivity contribution in [3.63, 3.8) is 0 Å². The molecule has 106 valence electrons. The number of methoxy groups -OCH3 is 1. The lowest BCUT2D eigenvalue weighted by Crippen LogP contribution is -2.29. The van der Waals surface area contributed by atoms with Crippen LogP contribution in [0.15, 0.2) is 18.2 Å². The molecule has 3 nitrogen and oxygen atoms in total. The summed E-state index contributed by atoms with van der Waals surface area (Å²) in [5.41, 5.74) is 1.11. The van der Waals surface area contributed by atoms with E-state index in [1.165, 1.54) is 0 Å². The molecule has 1 rings (SSSR count). The fourth-order valence-corrected chi connectivity index (χ4v) is 2.04. The molecular formula is C15H22ClNO2. The topological polar surface area (TPSA) is 38.3 Å². The number of rotatable bonds is 5. The molecule has 0 spiro atoms. The van der Waals surface area contributed by atoms with Crippen molar-refractivity contribution in [3.8, 4) is 5.75 Å². The van der Waals surface area contributed by atoms with Crippen LogP contribution in [0.2, 0.25) is 5.02 Å². The van der Waals surface area contributed by atoms with Crippen molar-refractivity contribution >= 4 is 17.5 Å². The van der Waals surface area contributed by atoms with Crippen molar-refractivity contribution in [1.82, 2.24) is 5.32 Å². The smallest absolute Gasteiger partial charge is 0.220 e. The van der Waals surface area contributed by atoms with Crippen molar-refractivity contribution in [1.29, 1.82) is 0 Å². The van der Waals surface area contributed by atoms with E-state index in [1.807, 2.05) is 18.2 Å². The van der Waals surface area contributed by atoms with Gasteiger partial charge in [0.15, 0.2) is 0 Å². The Morgan fingerprint density at radius 1 is 1.37 bits per heavy atom. The van der Waals surface area contributed by atoms with Gasteiger partial charge in [-0.05, 0) is 29.5 Å². The maximum Gasteiger partial charge on any atom is 0.220 e. The van der Waals surface area contributed by atoms with Gasteiger partial charge in [0.2, 0.25) is 5.91 Å². The number of nitrogens with one attached hydrogen (secondary N) is 1. The summed E-state index contributed by atoms with van der Waals surface area (Å²) in [5, 5.41) is 3.52. The largest absolute Gasteiger partial charge is 0.495 e. The van der Waals surface area contributed by atoms with Gasteiger partial charge in [-0.15, -0.1) is 0 Å². The predicted molar refractivity (Wildman–Crippen MR) is 78.8 cm³/mol. The van der Waals surface area contributed by atoms with E-state index in [4.69, 9.17) is 16.3 Å². The summed E-state index contributed by atoms with van der Waals surface area (Å²) in [5.74, 6) is 0.759. The highest BCUT2D eigenvalue weighted by Crippen LogP contribution is 2.25. The summed E-state index contributed by atoms with van der Waals surface area (Å²) < 4.78 is 5.10. The molecule has 19 heavy (non-hydrogen) atoms. The number of hydrogen-bond donors (Lipinski definition) is 1. The molecule has 0 aromatic heterocycles. The first-order chi connectivity index (χ1) is 8.81. The van der Waals surface area contributed by atoms with Crippen LogP contribution in [0.1, 0.15) is 32.8 Å². The molecule has 0 saturated carbocycles. The maximum absolute atomic E-state index is 11.7. The van der Waals surface area contributed by atoms with Crippen molar-refractivity contribution in [2.45, 2.75) is 33.6 Å². The number of ether oxygens (including phenoxy) is 1. The Balaban J connectivity index is 2.41. The minimum atomic E-state index is 0.0213. The summed E-state index contributed by atoms with van der Waals surface area (Å²) in [4.78, 5) is 11.7. The molecule has 0 heterocycles. The lowest BCUT2D eigenvalue weighted by Gasteiger charge is -2.17. The Bertz CT molecular complexity index is 438. The lowest BCUT2D eigenvalue weighted by molar-refractivity contribution is -0.122. The average Bonchev–Trinajstić information content (AvgIpc) is 2.26. The van der Waals surface area contributed by atoms with E-state index in [0.717, 1.165) is 12.0 Å². The first-order valence-corrected chi connectivity index (χ1v) is 6.79. The molecule has 0 radical (unpaired) electrons. The third-order valence-electron chi connectivity index (χ3n) is 2.64. The molecule has 0 aliphatic rings. The first-order valence-electron chi connectivity index (χ1n) is 6.41. The Morgan fingerprint density at radius 3 is 2.58 bits per heavy atom. The van der Waals surface area contributed by atoms with Crippen LogP contribution in [-0.2, 0) is 11.2 Å². The van der Waals surface area contributed by atoms with Crippen LogP contribution in [0.5, 0.6) is 5.75 Å². The van der Waals surface area contributed by atoms with Gasteiger partial charge in [-0.1, -0.05) is 38.4 Å². The van der Waals surface area contributed by atoms with E-state index < -0.39 is 0 Å². The number of carbonyl (C=O) groups excluding carboxylic acids is 1. The average molecular weight is 284 g/mol. The van der Waals surface area contributed by atoms with Gasteiger partial charge >= 0.3 is 0 Å². The summed E-state index contributed by atoms with van der Waals surface area (Å²) in [6, 6.07) is 5.67. The summed E-state index contributed by atoms with van der Waals surface area (Å²) >= 11 is 6.05. The molecule has 4 heteroatoms. The van der Waals surface area contributed by atoms with Crippen molar-refractivity contribution in [2.75, 3.05) is 13.7 Å². The molecule has 0 bridgehead atoms. The fraction of sp³-hybridized carbons (Fsp3) is 0.533. The SMILES string of the molecule is COc1ccc(CCNC(=O)CC(C)(C)C)cc1Cl. The summed E-state index contributed by atoms with van der Waals surface area (Å²) in [6.45, 7) is 6.78. The zero-order valence-electron chi connectivity index (χ0n) is 12.0. The van der Waals surface area contributed by atoms with Crippen LogP contribution < -0.4 is 10.1 Å². The van der Waals surface area contributed by atoms with Crippen LogP contribution in [-0.4, -0.2) is 19.6 Å². The van der Waals surface area contributed by atoms with Gasteiger partial charge in [0.05, 0.1) is 12.1 Å². The van der Waals surface area contributed by atoms with Gasteiger partial charge in [-0.3, -0.25) is 4.79 Å². The van der Waals surface area contributed by atoms with Crippen LogP contribution in [0.25, 0.3) is 0 Å². The van der Waals surface area contributed by atoms with Crippen molar-refractivity contribution in [3.05, 3.63) is 28.8 Å². The van der Waals surface area contributed by atoms with E-state index in [2.05, 4.69) is 26.1 Å². The Morgan fingerprint density at radius 2 is 2.05 bits per heavy atom. The van der Waals surface area contributed by atoms with Gasteiger partial charge in [0.25, 0.3) is 0 Å². The second-order valence-electron chi connectivity index (χ2n) is 5.81. The molecule has 1 amide bonds. The molecule has 1 aromatic rings. The normalized spacial score (nSPS) is 11.2. The molecule has 1 aromatic carbocycles. The van der Waals surface area contributed by atoms with E-state index in [-0.39, 0.29) is 11.3 Å². The summed E-state index contributed by atoms with van der Waals surface area (Å²) in [6.07, 6.45) is 1.30. The first kappa shape index (κ1) is 15.8. The molecule has 0 fully saturated rings. The Labute approximate surface area is 120 Å². The summed E-state index contributed by atoms with van der Waals surface area (Å²) in [7, 11) is 1.59. The standard InChI is InChI=1S/C15H22ClNO2/c1-15(2,3)10-14(18)17-8-7-11-5-6-13(19-4)12(16)9-11/h5-6,9H,7-8,10H2,1-4H3,(H,17,18). The van der Waals surface area contributed by atoms with Crippen molar-refractivity contribution < 1.29 is 9.53 Å². The van der Waals surface area contributed by atoms with Crippen LogP contribution in [0, 0.1) is 5.41 Å². The molecule has 1 N–H and O–H groups in total. The molecule has 0 unspecified atom stereocenters. The predicted octanol–water partition coefficient (Wildman–Crippen LogP) is 3.44. The molecule has 0 aliphatic heterocycles. The second kappa shape index (κ2) is 6.80. The number of amides is 1. The van der Waals surface area contributed by atoms with Crippen LogP contribution in [0.3, 0.4) is 0 Å². The van der Waals surface area contributed by atoms with Gasteiger partial charge in [-0.2, -0.15) is 0 Å². The van der Waals surface area contributed by atoms with E-state index >= 15 is 0 Å². The highest BCUT2D eigenvalue weighted by molar-refractivity contribution is 6.32. The number of hydrogen-bond acceptors (Lipinski definition) is 2.